The molecule has 3 aromatic carbocycles. The van der Waals surface area contributed by atoms with Gasteiger partial charge in [-0.15, -0.1) is 0 Å². The maximum atomic E-state index is 6.14. The molecule has 1 aromatic heterocycles. The average Bonchev–Trinajstić information content (AvgIpc) is 3.57. The molecular formula is C31H36ClN3O2. The van der Waals surface area contributed by atoms with Crippen LogP contribution in [0.3, 0.4) is 0 Å². The van der Waals surface area contributed by atoms with E-state index in [4.69, 9.17) is 26.1 Å². The Morgan fingerprint density at radius 3 is 2.32 bits per heavy atom. The van der Waals surface area contributed by atoms with Gasteiger partial charge in [-0.25, -0.2) is 4.98 Å². The number of fused-ring (bicyclic) bond motifs is 1. The molecule has 2 heterocycles. The smallest absolute Gasteiger partial charge is 0.141 e. The second kappa shape index (κ2) is 12.5. The van der Waals surface area contributed by atoms with E-state index >= 15 is 0 Å². The van der Waals surface area contributed by atoms with Crippen molar-refractivity contribution in [3.8, 4) is 22.9 Å². The van der Waals surface area contributed by atoms with Crippen LogP contribution >= 0.6 is 11.6 Å². The molecule has 37 heavy (non-hydrogen) atoms. The van der Waals surface area contributed by atoms with Crippen molar-refractivity contribution in [1.29, 1.82) is 0 Å². The lowest BCUT2D eigenvalue weighted by atomic mass is 10.1. The predicted octanol–water partition coefficient (Wildman–Crippen LogP) is 7.25. The number of hydrogen-bond donors (Lipinski definition) is 0. The van der Waals surface area contributed by atoms with E-state index in [1.165, 1.54) is 31.5 Å². The summed E-state index contributed by atoms with van der Waals surface area (Å²) in [5.41, 5.74) is 4.44. The zero-order chi connectivity index (χ0) is 25.5. The number of likely N-dealkylation sites (tertiary alicyclic amines) is 1. The molecule has 5 rings (SSSR count). The summed E-state index contributed by atoms with van der Waals surface area (Å²) in [7, 11) is 0. The number of benzene rings is 3. The molecule has 0 unspecified atom stereocenters. The highest BCUT2D eigenvalue weighted by atomic mass is 35.5. The third-order valence-corrected chi connectivity index (χ3v) is 7.27. The Morgan fingerprint density at radius 2 is 1.57 bits per heavy atom. The molecule has 0 atom stereocenters. The van der Waals surface area contributed by atoms with Gasteiger partial charge in [0.2, 0.25) is 0 Å². The molecular weight excluding hydrogens is 482 g/mol. The zero-order valence-electron chi connectivity index (χ0n) is 21.7. The minimum absolute atomic E-state index is 0.622. The van der Waals surface area contributed by atoms with E-state index < -0.39 is 0 Å². The molecule has 1 saturated heterocycles. The van der Waals surface area contributed by atoms with Crippen molar-refractivity contribution < 1.29 is 9.47 Å². The normalized spacial score (nSPS) is 13.9. The Labute approximate surface area is 225 Å². The molecule has 1 fully saturated rings. The predicted molar refractivity (Wildman–Crippen MR) is 152 cm³/mol. The van der Waals surface area contributed by atoms with Crippen molar-refractivity contribution in [3.05, 3.63) is 77.3 Å². The van der Waals surface area contributed by atoms with Crippen molar-refractivity contribution in [1.82, 2.24) is 14.5 Å². The number of hydrogen-bond acceptors (Lipinski definition) is 4. The lowest BCUT2D eigenvalue weighted by Gasteiger charge is -2.15. The number of halogens is 1. The minimum atomic E-state index is 0.622. The first-order valence-electron chi connectivity index (χ1n) is 13.5. The Bertz CT molecular complexity index is 1280. The number of aryl methyl sites for hydroxylation is 1. The molecule has 0 bridgehead atoms. The van der Waals surface area contributed by atoms with Gasteiger partial charge in [0, 0.05) is 36.2 Å². The van der Waals surface area contributed by atoms with Crippen molar-refractivity contribution >= 4 is 22.6 Å². The molecule has 1 aliphatic rings. The minimum Gasteiger partial charge on any atom is -0.493 e. The molecule has 5 nitrogen and oxygen atoms in total. The van der Waals surface area contributed by atoms with Crippen LogP contribution in [-0.4, -0.2) is 47.3 Å². The van der Waals surface area contributed by atoms with Gasteiger partial charge in [0.15, 0.2) is 0 Å². The number of aromatic nitrogens is 2. The van der Waals surface area contributed by atoms with Gasteiger partial charge >= 0.3 is 0 Å². The van der Waals surface area contributed by atoms with E-state index in [0.29, 0.717) is 6.61 Å². The monoisotopic (exact) mass is 517 g/mol. The highest BCUT2D eigenvalue weighted by molar-refractivity contribution is 6.30. The lowest BCUT2D eigenvalue weighted by molar-refractivity contribution is 0.238. The maximum Gasteiger partial charge on any atom is 0.141 e. The number of ether oxygens (including phenoxy) is 2. The third kappa shape index (κ3) is 6.65. The molecule has 0 N–H and O–H groups in total. The van der Waals surface area contributed by atoms with Gasteiger partial charge < -0.3 is 14.0 Å². The first kappa shape index (κ1) is 25.6. The Balaban J connectivity index is 1.28. The largest absolute Gasteiger partial charge is 0.493 e. The van der Waals surface area contributed by atoms with E-state index in [1.807, 2.05) is 42.5 Å². The first-order chi connectivity index (χ1) is 18.2. The second-order valence-corrected chi connectivity index (χ2v) is 10.2. The van der Waals surface area contributed by atoms with Gasteiger partial charge in [-0.05, 0) is 86.4 Å². The fraction of sp³-hybridized carbons (Fsp3) is 0.387. The summed E-state index contributed by atoms with van der Waals surface area (Å²) < 4.78 is 14.5. The van der Waals surface area contributed by atoms with Crippen LogP contribution in [0.1, 0.15) is 38.2 Å². The fourth-order valence-corrected chi connectivity index (χ4v) is 5.02. The molecule has 0 aliphatic carbocycles. The zero-order valence-corrected chi connectivity index (χ0v) is 22.4. The quantitative estimate of drug-likeness (QED) is 0.198. The number of imidazole rings is 1. The van der Waals surface area contributed by atoms with Gasteiger partial charge in [-0.2, -0.15) is 0 Å². The molecule has 0 radical (unpaired) electrons. The van der Waals surface area contributed by atoms with E-state index in [1.54, 1.807) is 0 Å². The highest BCUT2D eigenvalue weighted by Crippen LogP contribution is 2.29. The first-order valence-corrected chi connectivity index (χ1v) is 13.9. The SMILES string of the molecule is CCCCn1c(-c2ccc(OCCc3ccc(Cl)cc3)cc2)nc2ccc(OCCN3CCCC3)cc21. The molecule has 1 aliphatic heterocycles. The highest BCUT2D eigenvalue weighted by Gasteiger charge is 2.15. The second-order valence-electron chi connectivity index (χ2n) is 9.74. The van der Waals surface area contributed by atoms with Crippen LogP contribution in [0.5, 0.6) is 11.5 Å². The average molecular weight is 518 g/mol. The number of unbranched alkanes of at least 4 members (excludes halogenated alkanes) is 1. The molecule has 0 spiro atoms. The van der Waals surface area contributed by atoms with Crippen LogP contribution in [0.25, 0.3) is 22.4 Å². The van der Waals surface area contributed by atoms with Crippen molar-refractivity contribution in [2.75, 3.05) is 32.8 Å². The topological polar surface area (TPSA) is 39.5 Å². The van der Waals surface area contributed by atoms with Crippen LogP contribution in [0.2, 0.25) is 5.02 Å². The molecule has 6 heteroatoms. The van der Waals surface area contributed by atoms with E-state index in [9.17, 15) is 0 Å². The van der Waals surface area contributed by atoms with E-state index in [2.05, 4.69) is 40.7 Å². The van der Waals surface area contributed by atoms with Gasteiger partial charge in [0.25, 0.3) is 0 Å². The molecule has 0 amide bonds. The lowest BCUT2D eigenvalue weighted by Crippen LogP contribution is -2.25. The van der Waals surface area contributed by atoms with Crippen LogP contribution in [-0.2, 0) is 13.0 Å². The molecule has 4 aromatic rings. The van der Waals surface area contributed by atoms with Crippen LogP contribution < -0.4 is 9.47 Å². The van der Waals surface area contributed by atoms with Gasteiger partial charge in [-0.1, -0.05) is 37.1 Å². The van der Waals surface area contributed by atoms with E-state index in [0.717, 1.165) is 77.9 Å². The van der Waals surface area contributed by atoms with Crippen molar-refractivity contribution in [2.45, 2.75) is 45.6 Å². The van der Waals surface area contributed by atoms with Crippen LogP contribution in [0, 0.1) is 0 Å². The summed E-state index contributed by atoms with van der Waals surface area (Å²) >= 11 is 5.98. The summed E-state index contributed by atoms with van der Waals surface area (Å²) in [5.74, 6) is 2.77. The Kier molecular flexibility index (Phi) is 8.64. The van der Waals surface area contributed by atoms with Gasteiger partial charge in [-0.3, -0.25) is 4.90 Å². The van der Waals surface area contributed by atoms with E-state index in [-0.39, 0.29) is 0 Å². The molecule has 0 saturated carbocycles. The fourth-order valence-electron chi connectivity index (χ4n) is 4.89. The number of nitrogens with zero attached hydrogens (tertiary/aromatic N) is 3. The van der Waals surface area contributed by atoms with Crippen LogP contribution in [0.15, 0.2) is 66.7 Å². The summed E-state index contributed by atoms with van der Waals surface area (Å²) in [5, 5.41) is 0.756. The summed E-state index contributed by atoms with van der Waals surface area (Å²) in [6, 6.07) is 22.5. The van der Waals surface area contributed by atoms with Crippen molar-refractivity contribution in [3.63, 3.8) is 0 Å². The number of rotatable bonds is 12. The van der Waals surface area contributed by atoms with Crippen molar-refractivity contribution in [2.24, 2.45) is 0 Å². The van der Waals surface area contributed by atoms with Gasteiger partial charge in [0.1, 0.15) is 23.9 Å². The molecule has 194 valence electrons. The Morgan fingerprint density at radius 1 is 0.838 bits per heavy atom. The summed E-state index contributed by atoms with van der Waals surface area (Å²) in [4.78, 5) is 7.49. The van der Waals surface area contributed by atoms with Crippen LogP contribution in [0.4, 0.5) is 0 Å². The summed E-state index contributed by atoms with van der Waals surface area (Å²) in [6.45, 7) is 7.88. The standard InChI is InChI=1S/C31H36ClN3O2/c1-2-3-19-35-30-23-28(37-22-20-34-17-4-5-18-34)14-15-29(30)33-31(35)25-8-12-27(13-9-25)36-21-16-24-6-10-26(32)11-7-24/h6-15,23H,2-5,16-22H2,1H3. The summed E-state index contributed by atoms with van der Waals surface area (Å²) in [6.07, 6.45) is 5.69. The third-order valence-electron chi connectivity index (χ3n) is 7.02. The maximum absolute atomic E-state index is 6.14. The Hall–Kier alpha value is -3.02. The van der Waals surface area contributed by atoms with Gasteiger partial charge in [0.05, 0.1) is 17.6 Å².